The van der Waals surface area contributed by atoms with E-state index in [-0.39, 0.29) is 29.0 Å². The fourth-order valence-corrected chi connectivity index (χ4v) is 5.28. The molecular weight excluding hydrogens is 410 g/mol. The van der Waals surface area contributed by atoms with Crippen LogP contribution in [0.2, 0.25) is 0 Å². The van der Waals surface area contributed by atoms with E-state index in [4.69, 9.17) is 14.2 Å². The van der Waals surface area contributed by atoms with E-state index in [2.05, 4.69) is 0 Å². The summed E-state index contributed by atoms with van der Waals surface area (Å²) in [6.45, 7) is 5.13. The molecule has 170 valence electrons. The number of aromatic hydroxyl groups is 1. The molecule has 3 rings (SSSR count). The van der Waals surface area contributed by atoms with Crippen molar-refractivity contribution in [3.63, 3.8) is 0 Å². The van der Waals surface area contributed by atoms with Crippen molar-refractivity contribution in [3.8, 4) is 5.75 Å². The van der Waals surface area contributed by atoms with Crippen LogP contribution in [0.5, 0.6) is 5.75 Å². The van der Waals surface area contributed by atoms with Crippen LogP contribution in [0.15, 0.2) is 23.1 Å². The van der Waals surface area contributed by atoms with Gasteiger partial charge in [-0.05, 0) is 50.8 Å². The standard InChI is InChI=1S/C21H33NO7S/c1-3-16-13-17(6-4-5-15(2)23)29-21(28-16)19-14-18(7-8-20(19)24)30(25,26)22-9-11-27-12-10-22/h7-8,14-17,21,23-24H,3-6,9-13H2,1-2H3/t15-,16?,17?,21?/m0/s1. The van der Waals surface area contributed by atoms with Crippen LogP contribution in [0.4, 0.5) is 0 Å². The Morgan fingerprint density at radius 2 is 1.90 bits per heavy atom. The van der Waals surface area contributed by atoms with E-state index in [1.54, 1.807) is 6.92 Å². The Morgan fingerprint density at radius 3 is 2.57 bits per heavy atom. The lowest BCUT2D eigenvalue weighted by molar-refractivity contribution is -0.250. The van der Waals surface area contributed by atoms with Crippen molar-refractivity contribution in [1.82, 2.24) is 4.31 Å². The molecule has 2 aliphatic heterocycles. The predicted octanol–water partition coefficient (Wildman–Crippen LogP) is 2.55. The van der Waals surface area contributed by atoms with Crippen molar-refractivity contribution in [3.05, 3.63) is 23.8 Å². The highest BCUT2D eigenvalue weighted by molar-refractivity contribution is 7.89. The molecule has 3 unspecified atom stereocenters. The van der Waals surface area contributed by atoms with Gasteiger partial charge >= 0.3 is 0 Å². The van der Waals surface area contributed by atoms with Gasteiger partial charge in [0.05, 0.1) is 42.0 Å². The number of aliphatic hydroxyl groups excluding tert-OH is 1. The van der Waals surface area contributed by atoms with Crippen LogP contribution in [0.25, 0.3) is 0 Å². The number of ether oxygens (including phenoxy) is 3. The lowest BCUT2D eigenvalue weighted by Gasteiger charge is -2.36. The van der Waals surface area contributed by atoms with Gasteiger partial charge in [0.15, 0.2) is 6.29 Å². The van der Waals surface area contributed by atoms with E-state index in [1.165, 1.54) is 22.5 Å². The first kappa shape index (κ1) is 23.4. The normalized spacial score (nSPS) is 27.1. The smallest absolute Gasteiger partial charge is 0.243 e. The van der Waals surface area contributed by atoms with Gasteiger partial charge in [-0.3, -0.25) is 0 Å². The highest BCUT2D eigenvalue weighted by Crippen LogP contribution is 2.38. The van der Waals surface area contributed by atoms with Crippen LogP contribution >= 0.6 is 0 Å². The Hall–Kier alpha value is -1.23. The second-order valence-corrected chi connectivity index (χ2v) is 9.95. The molecule has 0 spiro atoms. The third-order valence-electron chi connectivity index (χ3n) is 5.62. The summed E-state index contributed by atoms with van der Waals surface area (Å²) < 4.78 is 44.8. The Morgan fingerprint density at radius 1 is 1.20 bits per heavy atom. The first-order valence-electron chi connectivity index (χ1n) is 10.7. The molecule has 1 aromatic rings. The zero-order valence-electron chi connectivity index (χ0n) is 17.7. The Labute approximate surface area is 178 Å². The van der Waals surface area contributed by atoms with Crippen molar-refractivity contribution in [2.45, 2.75) is 75.4 Å². The van der Waals surface area contributed by atoms with E-state index in [1.807, 2.05) is 6.92 Å². The van der Waals surface area contributed by atoms with Crippen LogP contribution in [-0.4, -0.2) is 67.6 Å². The molecule has 0 saturated carbocycles. The average Bonchev–Trinajstić information content (AvgIpc) is 2.74. The molecular formula is C21H33NO7S. The number of nitrogens with zero attached hydrogens (tertiary/aromatic N) is 1. The van der Waals surface area contributed by atoms with Gasteiger partial charge in [0.1, 0.15) is 5.75 Å². The molecule has 0 aliphatic carbocycles. The van der Waals surface area contributed by atoms with Crippen LogP contribution in [0.1, 0.15) is 57.8 Å². The number of rotatable bonds is 8. The third-order valence-corrected chi connectivity index (χ3v) is 7.52. The van der Waals surface area contributed by atoms with Crippen molar-refractivity contribution >= 4 is 10.0 Å². The van der Waals surface area contributed by atoms with Crippen molar-refractivity contribution in [1.29, 1.82) is 0 Å². The van der Waals surface area contributed by atoms with Gasteiger partial charge in [-0.25, -0.2) is 8.42 Å². The number of sulfonamides is 1. The fourth-order valence-electron chi connectivity index (χ4n) is 3.84. The van der Waals surface area contributed by atoms with E-state index < -0.39 is 16.3 Å². The average molecular weight is 444 g/mol. The number of hydrogen-bond donors (Lipinski definition) is 2. The molecule has 9 heteroatoms. The van der Waals surface area contributed by atoms with Crippen LogP contribution in [0, 0.1) is 0 Å². The van der Waals surface area contributed by atoms with Gasteiger partial charge in [-0.1, -0.05) is 6.92 Å². The quantitative estimate of drug-likeness (QED) is 0.636. The van der Waals surface area contributed by atoms with E-state index in [0.29, 0.717) is 38.3 Å². The van der Waals surface area contributed by atoms with Crippen LogP contribution in [-0.2, 0) is 24.2 Å². The van der Waals surface area contributed by atoms with Gasteiger partial charge in [0.25, 0.3) is 0 Å². The molecule has 8 nitrogen and oxygen atoms in total. The second-order valence-electron chi connectivity index (χ2n) is 8.01. The maximum Gasteiger partial charge on any atom is 0.243 e. The molecule has 2 aliphatic rings. The van der Waals surface area contributed by atoms with E-state index >= 15 is 0 Å². The number of benzene rings is 1. The number of morpholine rings is 1. The molecule has 2 saturated heterocycles. The monoisotopic (exact) mass is 443 g/mol. The summed E-state index contributed by atoms with van der Waals surface area (Å²) in [5.41, 5.74) is 0.322. The summed E-state index contributed by atoms with van der Waals surface area (Å²) in [6.07, 6.45) is 2.51. The summed E-state index contributed by atoms with van der Waals surface area (Å²) >= 11 is 0. The first-order valence-corrected chi connectivity index (χ1v) is 12.1. The lowest BCUT2D eigenvalue weighted by Crippen LogP contribution is -2.40. The molecule has 30 heavy (non-hydrogen) atoms. The number of hydrogen-bond acceptors (Lipinski definition) is 7. The topological polar surface area (TPSA) is 106 Å². The SMILES string of the molecule is CCC1CC(CCC[C@H](C)O)OC(c2cc(S(=O)(=O)N3CCOCC3)ccc2O)O1. The van der Waals surface area contributed by atoms with Crippen LogP contribution < -0.4 is 0 Å². The number of phenolic OH excluding ortho intramolecular Hbond substituents is 1. The number of phenols is 1. The highest BCUT2D eigenvalue weighted by atomic mass is 32.2. The molecule has 0 bridgehead atoms. The fraction of sp³-hybridized carbons (Fsp3) is 0.714. The molecule has 0 radical (unpaired) electrons. The third kappa shape index (κ3) is 5.72. The Kier molecular flexibility index (Phi) is 8.11. The van der Waals surface area contributed by atoms with Crippen LogP contribution in [0.3, 0.4) is 0 Å². The van der Waals surface area contributed by atoms with Gasteiger partial charge in [-0.2, -0.15) is 4.31 Å². The molecule has 2 N–H and O–H groups in total. The zero-order chi connectivity index (χ0) is 21.7. The maximum absolute atomic E-state index is 13.0. The molecule has 1 aromatic carbocycles. The summed E-state index contributed by atoms with van der Waals surface area (Å²) in [5.74, 6) is -0.0552. The minimum atomic E-state index is -3.69. The molecule has 2 fully saturated rings. The summed E-state index contributed by atoms with van der Waals surface area (Å²) in [5, 5.41) is 19.9. The van der Waals surface area contributed by atoms with Gasteiger partial charge in [0, 0.05) is 19.5 Å². The zero-order valence-corrected chi connectivity index (χ0v) is 18.5. The van der Waals surface area contributed by atoms with Crippen molar-refractivity contribution in [2.75, 3.05) is 26.3 Å². The Bertz CT molecular complexity index is 793. The van der Waals surface area contributed by atoms with E-state index in [0.717, 1.165) is 25.7 Å². The van der Waals surface area contributed by atoms with Gasteiger partial charge in [0.2, 0.25) is 10.0 Å². The molecule has 0 aromatic heterocycles. The maximum atomic E-state index is 13.0. The second kappa shape index (κ2) is 10.4. The highest BCUT2D eigenvalue weighted by Gasteiger charge is 2.33. The minimum Gasteiger partial charge on any atom is -0.507 e. The number of aliphatic hydroxyl groups is 1. The largest absolute Gasteiger partial charge is 0.507 e. The minimum absolute atomic E-state index is 0.0424. The predicted molar refractivity (Wildman–Crippen MR) is 111 cm³/mol. The molecule has 2 heterocycles. The van der Waals surface area contributed by atoms with Crippen molar-refractivity contribution in [2.24, 2.45) is 0 Å². The Balaban J connectivity index is 1.80. The van der Waals surface area contributed by atoms with Crippen molar-refractivity contribution < 1.29 is 32.8 Å². The molecule has 0 amide bonds. The first-order chi connectivity index (χ1) is 14.3. The summed E-state index contributed by atoms with van der Waals surface area (Å²) in [7, 11) is -3.69. The summed E-state index contributed by atoms with van der Waals surface area (Å²) in [6, 6.07) is 4.24. The lowest BCUT2D eigenvalue weighted by atomic mass is 10.0. The molecule has 4 atom stereocenters. The van der Waals surface area contributed by atoms with Gasteiger partial charge in [-0.15, -0.1) is 0 Å². The van der Waals surface area contributed by atoms with Gasteiger partial charge < -0.3 is 24.4 Å². The summed E-state index contributed by atoms with van der Waals surface area (Å²) in [4.78, 5) is 0.105. The van der Waals surface area contributed by atoms with E-state index in [9.17, 15) is 18.6 Å².